The van der Waals surface area contributed by atoms with Crippen molar-refractivity contribution in [3.8, 4) is 11.5 Å². The van der Waals surface area contributed by atoms with Gasteiger partial charge in [0.05, 0.1) is 33.5 Å². The summed E-state index contributed by atoms with van der Waals surface area (Å²) < 4.78 is 12.7. The molecule has 1 aromatic carbocycles. The maximum Gasteiger partial charge on any atom is 0.191 e. The predicted molar refractivity (Wildman–Crippen MR) is 116 cm³/mol. The molecule has 29 heavy (non-hydrogen) atoms. The standard InChI is InChI=1S/C21H32N6O2/c1-5-22-21(23-7-9-27-14-16(2)13-24-27)25-17-6-8-26(15-17)18-10-19(28-3)12-20(11-18)29-4/h10-14,17H,5-9,15H2,1-4H3,(H2,22,23,25). The van der Waals surface area contributed by atoms with Gasteiger partial charge in [0, 0.05) is 55.8 Å². The zero-order chi connectivity index (χ0) is 20.6. The third-order valence-corrected chi connectivity index (χ3v) is 4.94. The third kappa shape index (κ3) is 5.79. The third-order valence-electron chi connectivity index (χ3n) is 4.94. The molecule has 2 N–H and O–H groups in total. The van der Waals surface area contributed by atoms with Crippen molar-refractivity contribution in [1.82, 2.24) is 20.4 Å². The van der Waals surface area contributed by atoms with Crippen molar-refractivity contribution < 1.29 is 9.47 Å². The number of rotatable bonds is 8. The van der Waals surface area contributed by atoms with Crippen molar-refractivity contribution in [2.75, 3.05) is 45.3 Å². The molecule has 0 spiro atoms. The first-order valence-electron chi connectivity index (χ1n) is 10.1. The fourth-order valence-electron chi connectivity index (χ4n) is 3.45. The highest BCUT2D eigenvalue weighted by Crippen LogP contribution is 2.30. The molecule has 0 radical (unpaired) electrons. The van der Waals surface area contributed by atoms with Crippen LogP contribution in [0.25, 0.3) is 0 Å². The zero-order valence-corrected chi connectivity index (χ0v) is 17.8. The van der Waals surface area contributed by atoms with Gasteiger partial charge in [0.25, 0.3) is 0 Å². The molecule has 0 amide bonds. The van der Waals surface area contributed by atoms with Crippen molar-refractivity contribution in [2.24, 2.45) is 4.99 Å². The van der Waals surface area contributed by atoms with Crippen LogP contribution in [0.15, 0.2) is 35.6 Å². The van der Waals surface area contributed by atoms with Gasteiger partial charge in [-0.05, 0) is 25.8 Å². The summed E-state index contributed by atoms with van der Waals surface area (Å²) in [5.41, 5.74) is 2.28. The highest BCUT2D eigenvalue weighted by atomic mass is 16.5. The van der Waals surface area contributed by atoms with Crippen molar-refractivity contribution >= 4 is 11.6 Å². The van der Waals surface area contributed by atoms with E-state index in [9.17, 15) is 0 Å². The van der Waals surface area contributed by atoms with E-state index in [1.54, 1.807) is 14.2 Å². The first-order valence-corrected chi connectivity index (χ1v) is 10.1. The van der Waals surface area contributed by atoms with Gasteiger partial charge in [-0.25, -0.2) is 0 Å². The highest BCUT2D eigenvalue weighted by Gasteiger charge is 2.24. The SMILES string of the molecule is CCNC(=NCCn1cc(C)cn1)NC1CCN(c2cc(OC)cc(OC)c2)C1. The van der Waals surface area contributed by atoms with Crippen LogP contribution in [0.5, 0.6) is 11.5 Å². The Hall–Kier alpha value is -2.90. The van der Waals surface area contributed by atoms with E-state index in [0.717, 1.165) is 55.7 Å². The molecule has 8 heteroatoms. The van der Waals surface area contributed by atoms with Crippen LogP contribution in [0.1, 0.15) is 18.9 Å². The Morgan fingerprint density at radius 3 is 2.62 bits per heavy atom. The summed E-state index contributed by atoms with van der Waals surface area (Å²) in [5.74, 6) is 2.46. The summed E-state index contributed by atoms with van der Waals surface area (Å²) in [6.45, 7) is 8.28. The fraction of sp³-hybridized carbons (Fsp3) is 0.524. The van der Waals surface area contributed by atoms with E-state index >= 15 is 0 Å². The number of benzene rings is 1. The van der Waals surface area contributed by atoms with E-state index in [2.05, 4.69) is 39.7 Å². The van der Waals surface area contributed by atoms with Gasteiger partial charge < -0.3 is 25.0 Å². The number of aromatic nitrogens is 2. The number of guanidine groups is 1. The molecule has 1 fully saturated rings. The second-order valence-electron chi connectivity index (χ2n) is 7.19. The van der Waals surface area contributed by atoms with Crippen LogP contribution < -0.4 is 25.0 Å². The Balaban J connectivity index is 1.58. The van der Waals surface area contributed by atoms with Gasteiger partial charge in [0.2, 0.25) is 0 Å². The van der Waals surface area contributed by atoms with Crippen molar-refractivity contribution in [3.63, 3.8) is 0 Å². The molecule has 0 aliphatic carbocycles. The monoisotopic (exact) mass is 400 g/mol. The first kappa shape index (κ1) is 20.8. The van der Waals surface area contributed by atoms with Crippen LogP contribution in [0.3, 0.4) is 0 Å². The number of anilines is 1. The molecule has 2 aromatic rings. The van der Waals surface area contributed by atoms with Crippen molar-refractivity contribution in [2.45, 2.75) is 32.9 Å². The summed E-state index contributed by atoms with van der Waals surface area (Å²) in [4.78, 5) is 7.06. The maximum absolute atomic E-state index is 5.40. The van der Waals surface area contributed by atoms with Crippen LogP contribution in [-0.4, -0.2) is 62.2 Å². The Morgan fingerprint density at radius 2 is 2.00 bits per heavy atom. The van der Waals surface area contributed by atoms with Gasteiger partial charge in [-0.15, -0.1) is 0 Å². The molecule has 1 atom stereocenters. The summed E-state index contributed by atoms with van der Waals surface area (Å²) in [5, 5.41) is 11.2. The molecular weight excluding hydrogens is 368 g/mol. The molecule has 158 valence electrons. The molecule has 1 aromatic heterocycles. The van der Waals surface area contributed by atoms with Gasteiger partial charge in [0.15, 0.2) is 5.96 Å². The van der Waals surface area contributed by atoms with Gasteiger partial charge in [-0.1, -0.05) is 0 Å². The molecule has 1 aliphatic heterocycles. The Labute approximate surface area is 172 Å². The number of hydrogen-bond acceptors (Lipinski definition) is 5. The number of ether oxygens (including phenoxy) is 2. The molecular formula is C21H32N6O2. The number of methoxy groups -OCH3 is 2. The van der Waals surface area contributed by atoms with Gasteiger partial charge in [-0.2, -0.15) is 5.10 Å². The van der Waals surface area contributed by atoms with Gasteiger partial charge in [0.1, 0.15) is 11.5 Å². The molecule has 1 saturated heterocycles. The molecule has 0 bridgehead atoms. The average molecular weight is 401 g/mol. The minimum absolute atomic E-state index is 0.331. The van der Waals surface area contributed by atoms with Crippen molar-refractivity contribution in [1.29, 1.82) is 0 Å². The quantitative estimate of drug-likeness (QED) is 0.522. The molecule has 1 aliphatic rings. The first-order chi connectivity index (χ1) is 14.1. The topological polar surface area (TPSA) is 75.9 Å². The van der Waals surface area contributed by atoms with E-state index in [1.807, 2.05) is 30.1 Å². The van der Waals surface area contributed by atoms with Crippen molar-refractivity contribution in [3.05, 3.63) is 36.2 Å². The van der Waals surface area contributed by atoms with Crippen LogP contribution in [-0.2, 0) is 6.54 Å². The number of aryl methyl sites for hydroxylation is 1. The zero-order valence-electron chi connectivity index (χ0n) is 17.8. The molecule has 2 heterocycles. The summed E-state index contributed by atoms with van der Waals surface area (Å²) in [6, 6.07) is 6.33. The second kappa shape index (κ2) is 10.0. The predicted octanol–water partition coefficient (Wildman–Crippen LogP) is 2.04. The minimum atomic E-state index is 0.331. The molecule has 0 saturated carbocycles. The lowest BCUT2D eigenvalue weighted by molar-refractivity contribution is 0.394. The van der Waals surface area contributed by atoms with Gasteiger partial charge >= 0.3 is 0 Å². The minimum Gasteiger partial charge on any atom is -0.497 e. The van der Waals surface area contributed by atoms with Crippen LogP contribution in [0, 0.1) is 6.92 Å². The normalized spacial score (nSPS) is 16.8. The molecule has 8 nitrogen and oxygen atoms in total. The number of aliphatic imine (C=N–C) groups is 1. The summed E-state index contributed by atoms with van der Waals surface area (Å²) in [7, 11) is 3.35. The largest absolute Gasteiger partial charge is 0.497 e. The van der Waals surface area contributed by atoms with E-state index in [-0.39, 0.29) is 0 Å². The van der Waals surface area contributed by atoms with Crippen LogP contribution >= 0.6 is 0 Å². The fourth-order valence-corrected chi connectivity index (χ4v) is 3.45. The Kier molecular flexibility index (Phi) is 7.21. The lowest BCUT2D eigenvalue weighted by Gasteiger charge is -2.21. The maximum atomic E-state index is 5.40. The summed E-state index contributed by atoms with van der Waals surface area (Å²) >= 11 is 0. The van der Waals surface area contributed by atoms with E-state index in [4.69, 9.17) is 14.5 Å². The number of nitrogens with one attached hydrogen (secondary N) is 2. The molecule has 1 unspecified atom stereocenters. The number of hydrogen-bond donors (Lipinski definition) is 2. The second-order valence-corrected chi connectivity index (χ2v) is 7.19. The Bertz CT molecular complexity index is 797. The molecule has 3 rings (SSSR count). The smallest absolute Gasteiger partial charge is 0.191 e. The summed E-state index contributed by atoms with van der Waals surface area (Å²) in [6.07, 6.45) is 4.95. The van der Waals surface area contributed by atoms with E-state index in [0.29, 0.717) is 12.6 Å². The van der Waals surface area contributed by atoms with Crippen LogP contribution in [0.2, 0.25) is 0 Å². The lowest BCUT2D eigenvalue weighted by atomic mass is 10.2. The van der Waals surface area contributed by atoms with Gasteiger partial charge in [-0.3, -0.25) is 9.67 Å². The van der Waals surface area contributed by atoms with E-state index < -0.39 is 0 Å². The average Bonchev–Trinajstić information content (AvgIpc) is 3.36. The highest BCUT2D eigenvalue weighted by molar-refractivity contribution is 5.80. The van der Waals surface area contributed by atoms with Crippen LogP contribution in [0.4, 0.5) is 5.69 Å². The lowest BCUT2D eigenvalue weighted by Crippen LogP contribution is -2.44. The number of nitrogens with zero attached hydrogens (tertiary/aromatic N) is 4. The van der Waals surface area contributed by atoms with E-state index in [1.165, 1.54) is 5.56 Å². The Morgan fingerprint density at radius 1 is 1.24 bits per heavy atom.